The average molecular weight is 368 g/mol. The van der Waals surface area contributed by atoms with Crippen LogP contribution in [-0.4, -0.2) is 106 Å². The fourth-order valence-electron chi connectivity index (χ4n) is 4.78. The minimum Gasteiger partial charge on any atom is -0.307 e. The first-order chi connectivity index (χ1) is 12.7. The third kappa shape index (κ3) is 7.43. The van der Waals surface area contributed by atoms with Crippen LogP contribution in [0, 0.1) is 11.8 Å². The molecule has 0 aromatic carbocycles. The van der Waals surface area contributed by atoms with Crippen molar-refractivity contribution >= 4 is 0 Å². The topological polar surface area (TPSA) is 25.0 Å². The van der Waals surface area contributed by atoms with Crippen molar-refractivity contribution in [2.24, 2.45) is 11.8 Å². The Morgan fingerprint density at radius 2 is 1.35 bits per heavy atom. The van der Waals surface area contributed by atoms with E-state index in [1.807, 2.05) is 13.8 Å². The lowest BCUT2D eigenvalue weighted by Crippen LogP contribution is -2.48. The van der Waals surface area contributed by atoms with Gasteiger partial charge in [0, 0.05) is 52.5 Å². The zero-order valence-electron chi connectivity index (χ0n) is 18.1. The van der Waals surface area contributed by atoms with E-state index in [0.717, 1.165) is 18.5 Å². The van der Waals surface area contributed by atoms with Crippen LogP contribution in [0.3, 0.4) is 0 Å². The molecule has 0 aromatic heterocycles. The minimum atomic E-state index is 0.890. The second-order valence-corrected chi connectivity index (χ2v) is 8.44. The quantitative estimate of drug-likeness (QED) is 0.773. The largest absolute Gasteiger partial charge is 0.307 e. The number of likely N-dealkylation sites (tertiary alicyclic amines) is 2. The molecule has 3 aliphatic rings. The highest BCUT2D eigenvalue weighted by Crippen LogP contribution is 2.23. The molecule has 5 heteroatoms. The number of nitrogens with zero attached hydrogens (tertiary/aromatic N) is 4. The van der Waals surface area contributed by atoms with Gasteiger partial charge in [-0.1, -0.05) is 13.8 Å². The summed E-state index contributed by atoms with van der Waals surface area (Å²) in [5, 5.41) is 3.31. The Kier molecular flexibility index (Phi) is 10.4. The van der Waals surface area contributed by atoms with Crippen molar-refractivity contribution < 1.29 is 0 Å². The number of hydrogen-bond acceptors (Lipinski definition) is 5. The zero-order chi connectivity index (χ0) is 18.8. The van der Waals surface area contributed by atoms with Crippen molar-refractivity contribution in [3.8, 4) is 0 Å². The lowest BCUT2D eigenvalue weighted by Gasteiger charge is -2.40. The summed E-state index contributed by atoms with van der Waals surface area (Å²) in [4.78, 5) is 10.5. The maximum Gasteiger partial charge on any atom is 0.0478 e. The first-order valence-corrected chi connectivity index (χ1v) is 11.2. The third-order valence-electron chi connectivity index (χ3n) is 6.32. The summed E-state index contributed by atoms with van der Waals surface area (Å²) in [6, 6.07) is 0. The summed E-state index contributed by atoms with van der Waals surface area (Å²) in [6.45, 7) is 18.0. The van der Waals surface area contributed by atoms with Crippen LogP contribution in [0.5, 0.6) is 0 Å². The highest BCUT2D eigenvalue weighted by molar-refractivity contribution is 4.81. The summed E-state index contributed by atoms with van der Waals surface area (Å²) >= 11 is 0. The molecule has 3 rings (SSSR count). The molecule has 0 saturated carbocycles. The predicted octanol–water partition coefficient (Wildman–Crippen LogP) is 1.86. The van der Waals surface area contributed by atoms with Crippen LogP contribution >= 0.6 is 0 Å². The Balaban J connectivity index is 0.00000117. The van der Waals surface area contributed by atoms with E-state index in [4.69, 9.17) is 0 Å². The van der Waals surface area contributed by atoms with E-state index in [1.165, 1.54) is 91.1 Å². The Labute approximate surface area is 163 Å². The van der Waals surface area contributed by atoms with Gasteiger partial charge < -0.3 is 20.0 Å². The maximum absolute atomic E-state index is 3.31. The van der Waals surface area contributed by atoms with Gasteiger partial charge in [0.15, 0.2) is 0 Å². The molecule has 0 spiro atoms. The summed E-state index contributed by atoms with van der Waals surface area (Å²) in [7, 11) is 4.31. The van der Waals surface area contributed by atoms with Gasteiger partial charge in [-0.05, 0) is 71.2 Å². The average Bonchev–Trinajstić information content (AvgIpc) is 2.67. The molecule has 1 N–H and O–H groups in total. The highest BCUT2D eigenvalue weighted by Gasteiger charge is 2.26. The summed E-state index contributed by atoms with van der Waals surface area (Å²) in [5.41, 5.74) is 0. The van der Waals surface area contributed by atoms with Gasteiger partial charge in [-0.3, -0.25) is 4.90 Å². The van der Waals surface area contributed by atoms with Crippen molar-refractivity contribution in [2.75, 3.05) is 86.2 Å². The molecule has 0 radical (unpaired) electrons. The Hall–Kier alpha value is -0.200. The SMILES string of the molecule is CC.CNCN1CCCC(CN2CCC(CN3CCN(C)CC3)CC2)C1. The summed E-state index contributed by atoms with van der Waals surface area (Å²) in [6.07, 6.45) is 5.65. The molecule has 3 aliphatic heterocycles. The van der Waals surface area contributed by atoms with Crippen LogP contribution in [0.2, 0.25) is 0 Å². The van der Waals surface area contributed by atoms with Gasteiger partial charge in [0.1, 0.15) is 0 Å². The van der Waals surface area contributed by atoms with Gasteiger partial charge in [-0.2, -0.15) is 0 Å². The van der Waals surface area contributed by atoms with Crippen molar-refractivity contribution in [2.45, 2.75) is 39.5 Å². The number of rotatable bonds is 6. The molecule has 3 saturated heterocycles. The number of hydrogen-bond donors (Lipinski definition) is 1. The molecule has 3 heterocycles. The monoisotopic (exact) mass is 367 g/mol. The standard InChI is InChI=1S/C19H39N5.C2H6/c1-20-17-24-7-3-4-19(16-24)15-22-8-5-18(6-9-22)14-23-12-10-21(2)11-13-23;1-2/h18-20H,3-17H2,1-2H3;1-2H3. The van der Waals surface area contributed by atoms with Crippen LogP contribution < -0.4 is 5.32 Å². The predicted molar refractivity (Wildman–Crippen MR) is 113 cm³/mol. The molecule has 5 nitrogen and oxygen atoms in total. The minimum absolute atomic E-state index is 0.890. The van der Waals surface area contributed by atoms with Gasteiger partial charge in [-0.15, -0.1) is 0 Å². The fraction of sp³-hybridized carbons (Fsp3) is 1.00. The normalized spacial score (nSPS) is 27.9. The van der Waals surface area contributed by atoms with E-state index < -0.39 is 0 Å². The number of piperidine rings is 2. The Morgan fingerprint density at radius 3 is 2.00 bits per heavy atom. The fourth-order valence-corrected chi connectivity index (χ4v) is 4.78. The van der Waals surface area contributed by atoms with Crippen LogP contribution in [0.1, 0.15) is 39.5 Å². The molecular weight excluding hydrogens is 322 g/mol. The Morgan fingerprint density at radius 1 is 0.731 bits per heavy atom. The van der Waals surface area contributed by atoms with Gasteiger partial charge >= 0.3 is 0 Å². The van der Waals surface area contributed by atoms with E-state index in [0.29, 0.717) is 0 Å². The zero-order valence-corrected chi connectivity index (χ0v) is 18.1. The van der Waals surface area contributed by atoms with Gasteiger partial charge in [-0.25, -0.2) is 0 Å². The smallest absolute Gasteiger partial charge is 0.0478 e. The second-order valence-electron chi connectivity index (χ2n) is 8.44. The number of nitrogens with one attached hydrogen (secondary N) is 1. The number of piperazine rings is 1. The van der Waals surface area contributed by atoms with Crippen molar-refractivity contribution in [3.05, 3.63) is 0 Å². The summed E-state index contributed by atoms with van der Waals surface area (Å²) < 4.78 is 0. The van der Waals surface area contributed by atoms with Gasteiger partial charge in [0.25, 0.3) is 0 Å². The molecule has 0 aromatic rings. The van der Waals surface area contributed by atoms with Crippen molar-refractivity contribution in [3.63, 3.8) is 0 Å². The molecule has 26 heavy (non-hydrogen) atoms. The molecular formula is C21H45N5. The highest BCUT2D eigenvalue weighted by atomic mass is 15.3. The van der Waals surface area contributed by atoms with E-state index in [-0.39, 0.29) is 0 Å². The third-order valence-corrected chi connectivity index (χ3v) is 6.32. The molecule has 1 atom stereocenters. The van der Waals surface area contributed by atoms with Crippen LogP contribution in [0.4, 0.5) is 0 Å². The van der Waals surface area contributed by atoms with E-state index >= 15 is 0 Å². The van der Waals surface area contributed by atoms with Gasteiger partial charge in [0.05, 0.1) is 0 Å². The van der Waals surface area contributed by atoms with Crippen LogP contribution in [0.15, 0.2) is 0 Å². The molecule has 0 amide bonds. The van der Waals surface area contributed by atoms with Crippen LogP contribution in [-0.2, 0) is 0 Å². The van der Waals surface area contributed by atoms with E-state index in [9.17, 15) is 0 Å². The lowest BCUT2D eigenvalue weighted by atomic mass is 9.93. The maximum atomic E-state index is 3.31. The summed E-state index contributed by atoms with van der Waals surface area (Å²) in [5.74, 6) is 1.83. The molecule has 0 bridgehead atoms. The molecule has 3 fully saturated rings. The van der Waals surface area contributed by atoms with Gasteiger partial charge in [0.2, 0.25) is 0 Å². The number of likely N-dealkylation sites (N-methyl/N-ethyl adjacent to an activating group) is 1. The van der Waals surface area contributed by atoms with Crippen LogP contribution in [0.25, 0.3) is 0 Å². The first-order valence-electron chi connectivity index (χ1n) is 11.2. The molecule has 154 valence electrons. The first kappa shape index (κ1) is 22.1. The second kappa shape index (κ2) is 12.3. The Bertz CT molecular complexity index is 346. The lowest BCUT2D eigenvalue weighted by molar-refractivity contribution is 0.0848. The van der Waals surface area contributed by atoms with Crippen molar-refractivity contribution in [1.82, 2.24) is 24.9 Å². The van der Waals surface area contributed by atoms with Crippen molar-refractivity contribution in [1.29, 1.82) is 0 Å². The molecule has 1 unspecified atom stereocenters. The van der Waals surface area contributed by atoms with E-state index in [1.54, 1.807) is 0 Å². The van der Waals surface area contributed by atoms with E-state index in [2.05, 4.69) is 39.0 Å². The molecule has 0 aliphatic carbocycles.